The minimum absolute atomic E-state index is 0.00802. The Hall–Kier alpha value is -7.10. The first-order valence-corrected chi connectivity index (χ1v) is 19.3. The maximum absolute atomic E-state index is 5.35. The summed E-state index contributed by atoms with van der Waals surface area (Å²) in [6, 6.07) is 67.8. The molecular weight excluding hydrogens is 679 g/mol. The molecular formula is C53H37N3. The second kappa shape index (κ2) is 12.5. The van der Waals surface area contributed by atoms with Gasteiger partial charge < -0.3 is 0 Å². The fourth-order valence-electron chi connectivity index (χ4n) is 9.08. The van der Waals surface area contributed by atoms with E-state index in [2.05, 4.69) is 200 Å². The fraction of sp³-hybridized carbons (Fsp3) is 0.0566. The minimum atomic E-state index is -0.00802. The van der Waals surface area contributed by atoms with Gasteiger partial charge in [0.25, 0.3) is 0 Å². The molecule has 0 amide bonds. The van der Waals surface area contributed by atoms with Crippen molar-refractivity contribution >= 4 is 32.7 Å². The molecule has 8 aromatic carbocycles. The molecule has 0 N–H and O–H groups in total. The van der Waals surface area contributed by atoms with Crippen molar-refractivity contribution in [3.05, 3.63) is 199 Å². The number of nitrogens with zero attached hydrogens (tertiary/aromatic N) is 3. The zero-order valence-electron chi connectivity index (χ0n) is 31.2. The van der Waals surface area contributed by atoms with Crippen molar-refractivity contribution in [2.45, 2.75) is 19.3 Å². The second-order valence-electron chi connectivity index (χ2n) is 15.4. The lowest BCUT2D eigenvalue weighted by atomic mass is 9.82. The molecule has 0 saturated heterocycles. The molecule has 56 heavy (non-hydrogen) atoms. The predicted octanol–water partition coefficient (Wildman–Crippen LogP) is 13.7. The third kappa shape index (κ3) is 4.98. The summed E-state index contributed by atoms with van der Waals surface area (Å²) in [4.78, 5) is 10.6. The Labute approximate surface area is 326 Å². The molecule has 0 fully saturated rings. The van der Waals surface area contributed by atoms with Gasteiger partial charge in [-0.25, -0.2) is 9.97 Å². The first kappa shape index (κ1) is 32.3. The van der Waals surface area contributed by atoms with Crippen molar-refractivity contribution in [1.29, 1.82) is 0 Å². The van der Waals surface area contributed by atoms with E-state index >= 15 is 0 Å². The van der Waals surface area contributed by atoms with Crippen LogP contribution in [0.5, 0.6) is 0 Å². The molecule has 2 heterocycles. The van der Waals surface area contributed by atoms with Gasteiger partial charge in [0.2, 0.25) is 5.95 Å². The van der Waals surface area contributed by atoms with E-state index in [0.717, 1.165) is 44.3 Å². The lowest BCUT2D eigenvalue weighted by Gasteiger charge is -2.21. The third-order valence-electron chi connectivity index (χ3n) is 11.8. The summed E-state index contributed by atoms with van der Waals surface area (Å²) in [6.07, 6.45) is 0. The van der Waals surface area contributed by atoms with E-state index in [1.807, 2.05) is 6.07 Å². The quantitative estimate of drug-likeness (QED) is 0.178. The van der Waals surface area contributed by atoms with E-state index < -0.39 is 0 Å². The number of aromatic nitrogens is 3. The average Bonchev–Trinajstić information content (AvgIpc) is 3.72. The number of benzene rings is 8. The zero-order chi connectivity index (χ0) is 37.4. The van der Waals surface area contributed by atoms with Crippen LogP contribution in [-0.2, 0) is 5.41 Å². The SMILES string of the molecule is CC1(C)c2ccccc2-c2cc(-c3cccc(-c4cccc(-c5cccc6c7ccccc7n(-c7nc(-c8ccccc8)c8ccccc8n7)c56)c4)c3)ccc21. The van der Waals surface area contributed by atoms with Crippen molar-refractivity contribution in [1.82, 2.24) is 14.5 Å². The highest BCUT2D eigenvalue weighted by molar-refractivity contribution is 6.14. The predicted molar refractivity (Wildman–Crippen MR) is 233 cm³/mol. The van der Waals surface area contributed by atoms with Crippen LogP contribution in [0.1, 0.15) is 25.0 Å². The number of fused-ring (bicyclic) bond motifs is 7. The minimum Gasteiger partial charge on any atom is -0.277 e. The van der Waals surface area contributed by atoms with E-state index in [1.165, 1.54) is 55.3 Å². The number of hydrogen-bond acceptors (Lipinski definition) is 2. The normalized spacial score (nSPS) is 13.0. The van der Waals surface area contributed by atoms with Crippen LogP contribution in [0.2, 0.25) is 0 Å². The van der Waals surface area contributed by atoms with Gasteiger partial charge in [-0.2, -0.15) is 0 Å². The molecule has 0 unspecified atom stereocenters. The highest BCUT2D eigenvalue weighted by Gasteiger charge is 2.35. The van der Waals surface area contributed by atoms with Crippen LogP contribution < -0.4 is 0 Å². The summed E-state index contributed by atoms with van der Waals surface area (Å²) < 4.78 is 2.26. The molecule has 0 saturated carbocycles. The molecule has 1 aliphatic rings. The van der Waals surface area contributed by atoms with E-state index in [1.54, 1.807) is 0 Å². The number of para-hydroxylation sites is 3. The van der Waals surface area contributed by atoms with Gasteiger partial charge in [-0.15, -0.1) is 0 Å². The largest absolute Gasteiger partial charge is 0.277 e. The Balaban J connectivity index is 1.06. The number of rotatable bonds is 5. The van der Waals surface area contributed by atoms with Gasteiger partial charge in [0.1, 0.15) is 0 Å². The van der Waals surface area contributed by atoms with Crippen LogP contribution in [0.15, 0.2) is 188 Å². The molecule has 11 rings (SSSR count). The van der Waals surface area contributed by atoms with Gasteiger partial charge >= 0.3 is 0 Å². The van der Waals surface area contributed by atoms with Crippen molar-refractivity contribution in [3.8, 4) is 61.7 Å². The van der Waals surface area contributed by atoms with Crippen LogP contribution in [0.25, 0.3) is 94.4 Å². The Morgan fingerprint density at radius 3 is 1.79 bits per heavy atom. The Bertz CT molecular complexity index is 3170. The van der Waals surface area contributed by atoms with E-state index in [9.17, 15) is 0 Å². The average molecular weight is 716 g/mol. The Morgan fingerprint density at radius 2 is 0.964 bits per heavy atom. The molecule has 2 aromatic heterocycles. The Kier molecular flexibility index (Phi) is 7.20. The highest BCUT2D eigenvalue weighted by Crippen LogP contribution is 2.49. The van der Waals surface area contributed by atoms with Crippen molar-refractivity contribution in [2.75, 3.05) is 0 Å². The summed E-state index contributed by atoms with van der Waals surface area (Å²) in [5.41, 5.74) is 17.6. The molecule has 10 aromatic rings. The summed E-state index contributed by atoms with van der Waals surface area (Å²) in [5.74, 6) is 0.658. The molecule has 0 spiro atoms. The highest BCUT2D eigenvalue weighted by atomic mass is 15.2. The van der Waals surface area contributed by atoms with E-state index in [4.69, 9.17) is 9.97 Å². The molecule has 3 heteroatoms. The third-order valence-corrected chi connectivity index (χ3v) is 11.8. The van der Waals surface area contributed by atoms with Gasteiger partial charge in [-0.3, -0.25) is 4.57 Å². The van der Waals surface area contributed by atoms with E-state index in [-0.39, 0.29) is 5.41 Å². The summed E-state index contributed by atoms with van der Waals surface area (Å²) in [6.45, 7) is 4.67. The first-order valence-electron chi connectivity index (χ1n) is 19.3. The lowest BCUT2D eigenvalue weighted by molar-refractivity contribution is 0.660. The molecule has 0 bridgehead atoms. The second-order valence-corrected chi connectivity index (χ2v) is 15.4. The molecule has 0 aliphatic heterocycles. The molecule has 1 aliphatic carbocycles. The zero-order valence-corrected chi connectivity index (χ0v) is 31.2. The van der Waals surface area contributed by atoms with Gasteiger partial charge in [0.15, 0.2) is 0 Å². The van der Waals surface area contributed by atoms with Gasteiger partial charge in [0.05, 0.1) is 22.2 Å². The molecule has 3 nitrogen and oxygen atoms in total. The van der Waals surface area contributed by atoms with E-state index in [0.29, 0.717) is 5.95 Å². The first-order chi connectivity index (χ1) is 27.5. The summed E-state index contributed by atoms with van der Waals surface area (Å²) in [5, 5.41) is 3.38. The Morgan fingerprint density at radius 1 is 0.393 bits per heavy atom. The molecule has 0 radical (unpaired) electrons. The van der Waals surface area contributed by atoms with Crippen LogP contribution in [-0.4, -0.2) is 14.5 Å². The smallest absolute Gasteiger partial charge is 0.235 e. The van der Waals surface area contributed by atoms with Crippen molar-refractivity contribution < 1.29 is 0 Å². The number of hydrogen-bond donors (Lipinski definition) is 0. The van der Waals surface area contributed by atoms with Crippen LogP contribution in [0.3, 0.4) is 0 Å². The monoisotopic (exact) mass is 715 g/mol. The molecule has 0 atom stereocenters. The van der Waals surface area contributed by atoms with Gasteiger partial charge in [-0.1, -0.05) is 172 Å². The van der Waals surface area contributed by atoms with Crippen LogP contribution in [0, 0.1) is 0 Å². The van der Waals surface area contributed by atoms with Crippen LogP contribution >= 0.6 is 0 Å². The van der Waals surface area contributed by atoms with Crippen LogP contribution in [0.4, 0.5) is 0 Å². The standard InChI is InChI=1S/C53H37N3/c1-53(2)46-26-9-6-21-41(46)45-33-38(29-30-47(45)53)36-18-12-17-35(31-36)37-19-13-20-39(32-37)40-24-14-25-43-42-22-8-11-28-49(42)56(51(40)43)52-54-48-27-10-7-23-44(48)50(55-52)34-15-4-3-5-16-34/h3-33H,1-2H3. The maximum Gasteiger partial charge on any atom is 0.235 e. The topological polar surface area (TPSA) is 30.7 Å². The summed E-state index contributed by atoms with van der Waals surface area (Å²) in [7, 11) is 0. The summed E-state index contributed by atoms with van der Waals surface area (Å²) >= 11 is 0. The van der Waals surface area contributed by atoms with Crippen molar-refractivity contribution in [3.63, 3.8) is 0 Å². The maximum atomic E-state index is 5.35. The van der Waals surface area contributed by atoms with Crippen molar-refractivity contribution in [2.24, 2.45) is 0 Å². The lowest BCUT2D eigenvalue weighted by Crippen LogP contribution is -2.14. The van der Waals surface area contributed by atoms with Gasteiger partial charge in [-0.05, 0) is 80.4 Å². The molecule has 264 valence electrons. The fourth-order valence-corrected chi connectivity index (χ4v) is 9.08. The van der Waals surface area contributed by atoms with Gasteiger partial charge in [0, 0.05) is 32.7 Å².